The summed E-state index contributed by atoms with van der Waals surface area (Å²) in [6.45, 7) is 3.96. The summed E-state index contributed by atoms with van der Waals surface area (Å²) in [5.74, 6) is 1.15. The number of rotatable bonds is 10. The molecule has 0 radical (unpaired) electrons. The van der Waals surface area contributed by atoms with Crippen LogP contribution in [0.5, 0.6) is 11.5 Å². The normalized spacial score (nSPS) is 14.9. The van der Waals surface area contributed by atoms with Crippen LogP contribution in [0.25, 0.3) is 0 Å². The molecule has 0 saturated carbocycles. The number of ether oxygens (including phenoxy) is 1. The predicted octanol–water partition coefficient (Wildman–Crippen LogP) is 5.97. The maximum atomic E-state index is 13.1. The fraction of sp³-hybridized carbons (Fsp3) is 0.296. The molecule has 1 fully saturated rings. The van der Waals surface area contributed by atoms with E-state index in [9.17, 15) is 9.90 Å². The Morgan fingerprint density at radius 2 is 1.62 bits per heavy atom. The molecule has 32 heavy (non-hydrogen) atoms. The summed E-state index contributed by atoms with van der Waals surface area (Å²) < 4.78 is 5.86. The zero-order valence-corrected chi connectivity index (χ0v) is 19.0. The molecule has 166 valence electrons. The highest BCUT2D eigenvalue weighted by Crippen LogP contribution is 2.39. The number of thioether (sulfide) groups is 1. The summed E-state index contributed by atoms with van der Waals surface area (Å²) in [5, 5.41) is 9.55. The lowest BCUT2D eigenvalue weighted by Crippen LogP contribution is -2.25. The second-order valence-electron chi connectivity index (χ2n) is 8.06. The lowest BCUT2D eigenvalue weighted by molar-refractivity contribution is 0.0982. The zero-order chi connectivity index (χ0) is 22.2. The highest BCUT2D eigenvalue weighted by Gasteiger charge is 2.19. The molecule has 4 rings (SSSR count). The van der Waals surface area contributed by atoms with E-state index in [1.54, 1.807) is 23.9 Å². The van der Waals surface area contributed by atoms with Crippen LogP contribution < -0.4 is 4.74 Å². The SMILES string of the molecule is O=C(CC(Sc1ccc(O)cc1)c1ccccc1)c1ccc(OCCN2CCCC2)cc1. The van der Waals surface area contributed by atoms with Crippen LogP contribution in [0.15, 0.2) is 83.8 Å². The van der Waals surface area contributed by atoms with Crippen LogP contribution in [0, 0.1) is 0 Å². The highest BCUT2D eigenvalue weighted by atomic mass is 32.2. The molecule has 4 nitrogen and oxygen atoms in total. The Bertz CT molecular complexity index is 984. The van der Waals surface area contributed by atoms with Crippen molar-refractivity contribution in [3.8, 4) is 11.5 Å². The number of hydrogen-bond acceptors (Lipinski definition) is 5. The Morgan fingerprint density at radius 3 is 2.31 bits per heavy atom. The number of Topliss-reactive ketones (excluding diaryl/α,β-unsaturated/α-hetero) is 1. The van der Waals surface area contributed by atoms with Gasteiger partial charge in [-0.25, -0.2) is 0 Å². The summed E-state index contributed by atoms with van der Waals surface area (Å²) in [7, 11) is 0. The average Bonchev–Trinajstić information content (AvgIpc) is 3.34. The van der Waals surface area contributed by atoms with Gasteiger partial charge in [-0.1, -0.05) is 30.3 Å². The van der Waals surface area contributed by atoms with E-state index in [-0.39, 0.29) is 16.8 Å². The third-order valence-corrected chi connectivity index (χ3v) is 6.98. The van der Waals surface area contributed by atoms with Gasteiger partial charge in [0.1, 0.15) is 18.1 Å². The smallest absolute Gasteiger partial charge is 0.164 e. The zero-order valence-electron chi connectivity index (χ0n) is 18.2. The standard InChI is InChI=1S/C27H29NO3S/c29-23-10-14-25(15-11-23)32-27(22-6-2-1-3-7-22)20-26(30)21-8-12-24(13-9-21)31-19-18-28-16-4-5-17-28/h1-3,6-15,27,29H,4-5,16-20H2. The quantitative estimate of drug-likeness (QED) is 0.306. The van der Waals surface area contributed by atoms with Crippen LogP contribution in [-0.4, -0.2) is 42.0 Å². The van der Waals surface area contributed by atoms with Crippen LogP contribution in [0.2, 0.25) is 0 Å². The van der Waals surface area contributed by atoms with Gasteiger partial charge >= 0.3 is 0 Å². The van der Waals surface area contributed by atoms with Gasteiger partial charge in [0.05, 0.1) is 0 Å². The van der Waals surface area contributed by atoms with Gasteiger partial charge in [-0.05, 0) is 80.0 Å². The van der Waals surface area contributed by atoms with E-state index in [4.69, 9.17) is 4.74 Å². The summed E-state index contributed by atoms with van der Waals surface area (Å²) in [5.41, 5.74) is 1.81. The molecule has 3 aromatic carbocycles. The summed E-state index contributed by atoms with van der Waals surface area (Å²) in [6, 6.07) is 24.7. The second kappa shape index (κ2) is 11.2. The van der Waals surface area contributed by atoms with E-state index < -0.39 is 0 Å². The van der Waals surface area contributed by atoms with E-state index in [1.165, 1.54) is 25.9 Å². The van der Waals surface area contributed by atoms with E-state index in [1.807, 2.05) is 54.6 Å². The van der Waals surface area contributed by atoms with Gasteiger partial charge in [0.15, 0.2) is 5.78 Å². The molecule has 1 aliphatic heterocycles. The molecular formula is C27H29NO3S. The molecule has 1 heterocycles. The molecule has 3 aromatic rings. The van der Waals surface area contributed by atoms with E-state index >= 15 is 0 Å². The molecule has 1 unspecified atom stereocenters. The number of carbonyl (C=O) groups is 1. The largest absolute Gasteiger partial charge is 0.508 e. The minimum absolute atomic E-state index is 0.00960. The molecule has 0 aromatic heterocycles. The van der Waals surface area contributed by atoms with Crippen LogP contribution in [-0.2, 0) is 0 Å². The fourth-order valence-corrected chi connectivity index (χ4v) is 5.06. The summed E-state index contributed by atoms with van der Waals surface area (Å²) in [4.78, 5) is 16.5. The maximum Gasteiger partial charge on any atom is 0.164 e. The van der Waals surface area contributed by atoms with Crippen LogP contribution in [0.3, 0.4) is 0 Å². The van der Waals surface area contributed by atoms with Crippen LogP contribution in [0.1, 0.15) is 40.4 Å². The number of aromatic hydroxyl groups is 1. The average molecular weight is 448 g/mol. The van der Waals surface area contributed by atoms with Crippen molar-refractivity contribution in [2.45, 2.75) is 29.4 Å². The Morgan fingerprint density at radius 1 is 0.938 bits per heavy atom. The Labute approximate surface area is 194 Å². The second-order valence-corrected chi connectivity index (χ2v) is 9.34. The molecule has 5 heteroatoms. The van der Waals surface area contributed by atoms with Crippen molar-refractivity contribution in [3.63, 3.8) is 0 Å². The molecule has 1 N–H and O–H groups in total. The molecule has 0 amide bonds. The Kier molecular flexibility index (Phi) is 7.86. The van der Waals surface area contributed by atoms with Crippen molar-refractivity contribution < 1.29 is 14.6 Å². The highest BCUT2D eigenvalue weighted by molar-refractivity contribution is 7.99. The first-order chi connectivity index (χ1) is 15.7. The molecular weight excluding hydrogens is 418 g/mol. The first-order valence-electron chi connectivity index (χ1n) is 11.2. The minimum Gasteiger partial charge on any atom is -0.508 e. The first kappa shape index (κ1) is 22.4. The monoisotopic (exact) mass is 447 g/mol. The van der Waals surface area contributed by atoms with Crippen molar-refractivity contribution in [1.29, 1.82) is 0 Å². The minimum atomic E-state index is -0.00960. The van der Waals surface area contributed by atoms with Crippen molar-refractivity contribution in [2.75, 3.05) is 26.2 Å². The maximum absolute atomic E-state index is 13.1. The van der Waals surface area contributed by atoms with Crippen molar-refractivity contribution in [2.24, 2.45) is 0 Å². The number of nitrogens with zero attached hydrogens (tertiary/aromatic N) is 1. The fourth-order valence-electron chi connectivity index (χ4n) is 3.91. The molecule has 0 bridgehead atoms. The molecule has 0 spiro atoms. The van der Waals surface area contributed by atoms with E-state index in [0.29, 0.717) is 18.6 Å². The van der Waals surface area contributed by atoms with Crippen molar-refractivity contribution >= 4 is 17.5 Å². The molecule has 0 aliphatic carbocycles. The first-order valence-corrected chi connectivity index (χ1v) is 12.0. The number of carbonyl (C=O) groups excluding carboxylic acids is 1. The third kappa shape index (κ3) is 6.38. The van der Waals surface area contributed by atoms with E-state index in [0.717, 1.165) is 22.8 Å². The van der Waals surface area contributed by atoms with Gasteiger partial charge in [0.25, 0.3) is 0 Å². The third-order valence-electron chi connectivity index (χ3n) is 5.71. The van der Waals surface area contributed by atoms with Gasteiger partial charge in [-0.3, -0.25) is 9.69 Å². The Balaban J connectivity index is 1.38. The van der Waals surface area contributed by atoms with Crippen LogP contribution >= 0.6 is 11.8 Å². The van der Waals surface area contributed by atoms with Crippen molar-refractivity contribution in [3.05, 3.63) is 90.0 Å². The van der Waals surface area contributed by atoms with Gasteiger partial charge in [-0.2, -0.15) is 0 Å². The van der Waals surface area contributed by atoms with Gasteiger partial charge < -0.3 is 9.84 Å². The lowest BCUT2D eigenvalue weighted by Gasteiger charge is -2.17. The van der Waals surface area contributed by atoms with Gasteiger partial charge in [-0.15, -0.1) is 11.8 Å². The molecule has 1 atom stereocenters. The van der Waals surface area contributed by atoms with E-state index in [2.05, 4.69) is 17.0 Å². The number of ketones is 1. The number of phenols is 1. The number of likely N-dealkylation sites (tertiary alicyclic amines) is 1. The topological polar surface area (TPSA) is 49.8 Å². The van der Waals surface area contributed by atoms with Gasteiger partial charge in [0, 0.05) is 28.7 Å². The predicted molar refractivity (Wildman–Crippen MR) is 130 cm³/mol. The lowest BCUT2D eigenvalue weighted by atomic mass is 10.0. The van der Waals surface area contributed by atoms with Crippen LogP contribution in [0.4, 0.5) is 0 Å². The summed E-state index contributed by atoms with van der Waals surface area (Å²) >= 11 is 1.64. The number of hydrogen-bond donors (Lipinski definition) is 1. The Hall–Kier alpha value is -2.76. The molecule has 1 aliphatic rings. The molecule has 1 saturated heterocycles. The van der Waals surface area contributed by atoms with Crippen molar-refractivity contribution in [1.82, 2.24) is 4.90 Å². The number of benzene rings is 3. The summed E-state index contributed by atoms with van der Waals surface area (Å²) in [6.07, 6.45) is 2.96. The number of phenolic OH excluding ortho intramolecular Hbond substituents is 1. The van der Waals surface area contributed by atoms with Gasteiger partial charge in [0.2, 0.25) is 0 Å².